The number of benzene rings is 1. The molecule has 0 N–H and O–H groups in total. The Kier molecular flexibility index (Phi) is 11.1. The van der Waals surface area contributed by atoms with Crippen molar-refractivity contribution >= 4 is 0 Å². The molecule has 190 valence electrons. The van der Waals surface area contributed by atoms with Crippen LogP contribution in [0.3, 0.4) is 0 Å². The highest BCUT2D eigenvalue weighted by Crippen LogP contribution is 2.47. The van der Waals surface area contributed by atoms with Crippen LogP contribution in [0, 0.1) is 11.8 Å². The lowest BCUT2D eigenvalue weighted by Gasteiger charge is -2.32. The minimum Gasteiger partial charge on any atom is -0.496 e. The quantitative estimate of drug-likeness (QED) is 0.372. The summed E-state index contributed by atoms with van der Waals surface area (Å²) in [5.74, 6) is 3.53. The molecule has 2 heteroatoms. The van der Waals surface area contributed by atoms with Gasteiger partial charge in [0.15, 0.2) is 0 Å². The molecule has 2 aliphatic rings. The van der Waals surface area contributed by atoms with Crippen LogP contribution in [0.2, 0.25) is 0 Å². The number of rotatable bonds is 7. The molecule has 2 nitrogen and oxygen atoms in total. The summed E-state index contributed by atoms with van der Waals surface area (Å²) in [5.41, 5.74) is 5.27. The molecule has 2 aliphatic carbocycles. The molecule has 0 unspecified atom stereocenters. The second-order valence-corrected chi connectivity index (χ2v) is 11.1. The normalized spacial score (nSPS) is 23.4. The number of aryl methyl sites for hydroxylation is 1. The second-order valence-electron chi connectivity index (χ2n) is 11.1. The van der Waals surface area contributed by atoms with Crippen LogP contribution in [0.5, 0.6) is 11.5 Å². The molecule has 3 rings (SSSR count). The third-order valence-electron chi connectivity index (χ3n) is 8.38. The largest absolute Gasteiger partial charge is 0.496 e. The molecule has 0 amide bonds. The maximum absolute atomic E-state index is 5.99. The van der Waals surface area contributed by atoms with E-state index < -0.39 is 0 Å². The van der Waals surface area contributed by atoms with Crippen molar-refractivity contribution in [2.24, 2.45) is 11.8 Å². The fraction of sp³-hybridized carbons (Fsp3) is 0.688. The smallest absolute Gasteiger partial charge is 0.126 e. The van der Waals surface area contributed by atoms with E-state index in [-0.39, 0.29) is 5.92 Å². The zero-order valence-electron chi connectivity index (χ0n) is 22.6. The molecule has 34 heavy (non-hydrogen) atoms. The van der Waals surface area contributed by atoms with Gasteiger partial charge in [-0.05, 0) is 69.1 Å². The van der Waals surface area contributed by atoms with Crippen molar-refractivity contribution in [3.8, 4) is 11.5 Å². The van der Waals surface area contributed by atoms with Gasteiger partial charge in [0.05, 0.1) is 14.2 Å². The van der Waals surface area contributed by atoms with Crippen molar-refractivity contribution in [2.45, 2.75) is 116 Å². The maximum Gasteiger partial charge on any atom is 0.126 e. The van der Waals surface area contributed by atoms with Gasteiger partial charge in [-0.2, -0.15) is 0 Å². The Morgan fingerprint density at radius 2 is 1.38 bits per heavy atom. The van der Waals surface area contributed by atoms with E-state index in [1.807, 2.05) is 14.2 Å². The Balaban J connectivity index is 1.76. The lowest BCUT2D eigenvalue weighted by molar-refractivity contribution is 0.364. The highest BCUT2D eigenvalue weighted by Gasteiger charge is 2.31. The Morgan fingerprint density at radius 1 is 0.853 bits per heavy atom. The summed E-state index contributed by atoms with van der Waals surface area (Å²) in [5, 5.41) is 0. The van der Waals surface area contributed by atoms with Crippen LogP contribution in [0.25, 0.3) is 0 Å². The molecule has 1 saturated carbocycles. The van der Waals surface area contributed by atoms with Gasteiger partial charge in [-0.15, -0.1) is 0 Å². The predicted molar refractivity (Wildman–Crippen MR) is 146 cm³/mol. The highest BCUT2D eigenvalue weighted by molar-refractivity contribution is 5.53. The third kappa shape index (κ3) is 7.65. The fourth-order valence-corrected chi connectivity index (χ4v) is 6.28. The standard InChI is InChI=1S/C32H50O2/c1-24(2)28-20-17-25(3)21-29(28)32-30(33-4)22-27(23-31(32)34-5)19-18-26-15-13-11-9-7-6-8-10-12-14-16-26/h21-23,26,28-29H,1,6-20H2,2-5H3/t28-,29+/m0/s1. The minimum atomic E-state index is 0.275. The van der Waals surface area contributed by atoms with Crippen LogP contribution < -0.4 is 9.47 Å². The average Bonchev–Trinajstić information content (AvgIpc) is 2.82. The van der Waals surface area contributed by atoms with Gasteiger partial charge in [0.25, 0.3) is 0 Å². The van der Waals surface area contributed by atoms with Gasteiger partial charge in [-0.3, -0.25) is 0 Å². The Hall–Kier alpha value is -1.70. The minimum absolute atomic E-state index is 0.275. The summed E-state index contributed by atoms with van der Waals surface area (Å²) in [6.07, 6.45) is 22.8. The Morgan fingerprint density at radius 3 is 1.88 bits per heavy atom. The SMILES string of the molecule is C=C(C)[C@@H]1CCC(C)=C[C@H]1c1c(OC)cc(CCC2CCCCCCCCCCC2)cc1OC. The van der Waals surface area contributed by atoms with E-state index in [0.29, 0.717) is 5.92 Å². The lowest BCUT2D eigenvalue weighted by Crippen LogP contribution is -2.18. The number of ether oxygens (including phenoxy) is 2. The maximum atomic E-state index is 5.99. The summed E-state index contributed by atoms with van der Waals surface area (Å²) in [6, 6.07) is 4.58. The molecule has 1 fully saturated rings. The second kappa shape index (κ2) is 14.0. The molecule has 2 atom stereocenters. The van der Waals surface area contributed by atoms with Gasteiger partial charge in [0.2, 0.25) is 0 Å². The van der Waals surface area contributed by atoms with Crippen LogP contribution in [0.1, 0.15) is 121 Å². The first-order valence-electron chi connectivity index (χ1n) is 14.1. The van der Waals surface area contributed by atoms with E-state index in [2.05, 4.69) is 38.6 Å². The molecule has 1 aromatic carbocycles. The summed E-state index contributed by atoms with van der Waals surface area (Å²) < 4.78 is 12.0. The molecule has 1 aromatic rings. The Bertz CT molecular complexity index is 768. The van der Waals surface area contributed by atoms with Gasteiger partial charge in [-0.1, -0.05) is 94.4 Å². The summed E-state index contributed by atoms with van der Waals surface area (Å²) >= 11 is 0. The van der Waals surface area contributed by atoms with E-state index in [1.165, 1.54) is 99.3 Å². The molecule has 0 radical (unpaired) electrons. The molecule has 0 bridgehead atoms. The zero-order chi connectivity index (χ0) is 24.3. The van der Waals surface area contributed by atoms with Crippen LogP contribution >= 0.6 is 0 Å². The van der Waals surface area contributed by atoms with Crippen LogP contribution in [0.4, 0.5) is 0 Å². The topological polar surface area (TPSA) is 18.5 Å². The number of hydrogen-bond acceptors (Lipinski definition) is 2. The predicted octanol–water partition coefficient (Wildman–Crippen LogP) is 9.57. The van der Waals surface area contributed by atoms with E-state index in [0.717, 1.165) is 36.7 Å². The lowest BCUT2D eigenvalue weighted by atomic mass is 9.73. The van der Waals surface area contributed by atoms with Crippen molar-refractivity contribution in [3.05, 3.63) is 47.1 Å². The number of allylic oxidation sites excluding steroid dienone is 3. The third-order valence-corrected chi connectivity index (χ3v) is 8.38. The summed E-state index contributed by atoms with van der Waals surface area (Å²) in [6.45, 7) is 8.73. The highest BCUT2D eigenvalue weighted by atomic mass is 16.5. The monoisotopic (exact) mass is 466 g/mol. The van der Waals surface area contributed by atoms with E-state index >= 15 is 0 Å². The van der Waals surface area contributed by atoms with Crippen molar-refractivity contribution in [3.63, 3.8) is 0 Å². The van der Waals surface area contributed by atoms with Crippen molar-refractivity contribution in [2.75, 3.05) is 14.2 Å². The van der Waals surface area contributed by atoms with Crippen LogP contribution in [-0.2, 0) is 6.42 Å². The van der Waals surface area contributed by atoms with Gasteiger partial charge < -0.3 is 9.47 Å². The first kappa shape index (κ1) is 26.9. The Labute approximate surface area is 210 Å². The first-order chi connectivity index (χ1) is 16.5. The zero-order valence-corrected chi connectivity index (χ0v) is 22.6. The van der Waals surface area contributed by atoms with Crippen molar-refractivity contribution in [1.82, 2.24) is 0 Å². The number of hydrogen-bond donors (Lipinski definition) is 0. The molecule has 0 saturated heterocycles. The van der Waals surface area contributed by atoms with Gasteiger partial charge in [0, 0.05) is 11.5 Å². The molecule has 0 spiro atoms. The molecule has 0 heterocycles. The average molecular weight is 467 g/mol. The first-order valence-corrected chi connectivity index (χ1v) is 14.1. The van der Waals surface area contributed by atoms with E-state index in [4.69, 9.17) is 9.47 Å². The molecular formula is C32H50O2. The summed E-state index contributed by atoms with van der Waals surface area (Å²) in [4.78, 5) is 0. The van der Waals surface area contributed by atoms with E-state index in [1.54, 1.807) is 0 Å². The van der Waals surface area contributed by atoms with Crippen LogP contribution in [-0.4, -0.2) is 14.2 Å². The van der Waals surface area contributed by atoms with Crippen molar-refractivity contribution in [1.29, 1.82) is 0 Å². The van der Waals surface area contributed by atoms with Gasteiger partial charge in [-0.25, -0.2) is 0 Å². The molecular weight excluding hydrogens is 416 g/mol. The fourth-order valence-electron chi connectivity index (χ4n) is 6.28. The van der Waals surface area contributed by atoms with E-state index in [9.17, 15) is 0 Å². The molecule has 0 aromatic heterocycles. The summed E-state index contributed by atoms with van der Waals surface area (Å²) in [7, 11) is 3.62. The van der Waals surface area contributed by atoms with Crippen LogP contribution in [0.15, 0.2) is 35.9 Å². The molecule has 0 aliphatic heterocycles. The van der Waals surface area contributed by atoms with Gasteiger partial charge in [0.1, 0.15) is 11.5 Å². The number of methoxy groups -OCH3 is 2. The van der Waals surface area contributed by atoms with Crippen molar-refractivity contribution < 1.29 is 9.47 Å². The van der Waals surface area contributed by atoms with Gasteiger partial charge >= 0.3 is 0 Å².